The number of aromatic hydroxyl groups is 2. The molecule has 0 aliphatic heterocycles. The van der Waals surface area contributed by atoms with Gasteiger partial charge in [0.2, 0.25) is 9.84 Å². The molecule has 0 saturated carbocycles. The molecular weight excluding hydrogens is 440 g/mol. The average Bonchev–Trinajstić information content (AvgIpc) is 2.85. The quantitative estimate of drug-likeness (QED) is 0.405. The van der Waals surface area contributed by atoms with E-state index in [0.717, 1.165) is 22.3 Å². The molecule has 0 aromatic heterocycles. The Morgan fingerprint density at radius 2 is 0.879 bits per heavy atom. The van der Waals surface area contributed by atoms with E-state index in [1.54, 1.807) is 72.8 Å². The van der Waals surface area contributed by atoms with Crippen LogP contribution >= 0.6 is 0 Å². The molecule has 0 unspecified atom stereocenters. The standard InChI is InChI=1S/C26H22O6S/c1-31-25-15-19(7-13-23(25)27)17-3-9-21(10-4-17)33(29,30)22-11-5-18(6-12-22)20-8-14-24(28)26(16-20)32-2/h3-16,27-28H,1-2H3. The summed E-state index contributed by atoms with van der Waals surface area (Å²) in [7, 11) is -0.765. The van der Waals surface area contributed by atoms with Gasteiger partial charge in [-0.2, -0.15) is 0 Å². The highest BCUT2D eigenvalue weighted by atomic mass is 32.2. The minimum absolute atomic E-state index is 0.0367. The predicted octanol–water partition coefficient (Wildman–Crippen LogP) is 5.28. The topological polar surface area (TPSA) is 93.1 Å². The summed E-state index contributed by atoms with van der Waals surface area (Å²) in [5.74, 6) is 0.760. The van der Waals surface area contributed by atoms with Crippen molar-refractivity contribution >= 4 is 9.84 Å². The molecule has 0 aliphatic rings. The van der Waals surface area contributed by atoms with Crippen LogP contribution in [-0.4, -0.2) is 32.9 Å². The molecule has 0 fully saturated rings. The van der Waals surface area contributed by atoms with Crippen LogP contribution in [0.1, 0.15) is 0 Å². The lowest BCUT2D eigenvalue weighted by atomic mass is 10.1. The van der Waals surface area contributed by atoms with Crippen molar-refractivity contribution in [2.24, 2.45) is 0 Å². The maximum atomic E-state index is 13.1. The zero-order chi connectivity index (χ0) is 23.6. The Kier molecular flexibility index (Phi) is 5.98. The summed E-state index contributed by atoms with van der Waals surface area (Å²) in [5, 5.41) is 19.5. The van der Waals surface area contributed by atoms with Crippen LogP contribution in [0.25, 0.3) is 22.3 Å². The number of hydrogen-bond acceptors (Lipinski definition) is 6. The molecule has 4 aromatic rings. The number of phenolic OH excluding ortho intramolecular Hbond substituents is 2. The number of hydrogen-bond donors (Lipinski definition) is 2. The van der Waals surface area contributed by atoms with Crippen LogP contribution in [0.4, 0.5) is 0 Å². The van der Waals surface area contributed by atoms with Gasteiger partial charge >= 0.3 is 0 Å². The fourth-order valence-corrected chi connectivity index (χ4v) is 4.76. The van der Waals surface area contributed by atoms with Crippen LogP contribution < -0.4 is 9.47 Å². The van der Waals surface area contributed by atoms with Gasteiger partial charge in [0.15, 0.2) is 23.0 Å². The van der Waals surface area contributed by atoms with E-state index in [9.17, 15) is 18.6 Å². The Bertz CT molecular complexity index is 1290. The van der Waals surface area contributed by atoms with Crippen molar-refractivity contribution in [2.75, 3.05) is 14.2 Å². The fourth-order valence-electron chi connectivity index (χ4n) is 3.50. The third-order valence-electron chi connectivity index (χ3n) is 5.36. The van der Waals surface area contributed by atoms with Gasteiger partial charge in [-0.15, -0.1) is 0 Å². The Morgan fingerprint density at radius 1 is 0.545 bits per heavy atom. The Labute approximate surface area is 192 Å². The van der Waals surface area contributed by atoms with Gasteiger partial charge in [0.1, 0.15) is 0 Å². The number of methoxy groups -OCH3 is 2. The maximum absolute atomic E-state index is 13.1. The monoisotopic (exact) mass is 462 g/mol. The second-order valence-corrected chi connectivity index (χ2v) is 9.28. The van der Waals surface area contributed by atoms with Crippen molar-refractivity contribution in [3.8, 4) is 45.3 Å². The summed E-state index contributed by atoms with van der Waals surface area (Å²) in [5.41, 5.74) is 3.18. The molecule has 0 saturated heterocycles. The lowest BCUT2D eigenvalue weighted by Crippen LogP contribution is -2.01. The molecule has 4 rings (SSSR count). The SMILES string of the molecule is COc1cc(-c2ccc(S(=O)(=O)c3ccc(-c4ccc(O)c(OC)c4)cc3)cc2)ccc1O. The highest BCUT2D eigenvalue weighted by Crippen LogP contribution is 2.34. The smallest absolute Gasteiger partial charge is 0.206 e. The highest BCUT2D eigenvalue weighted by Gasteiger charge is 2.18. The van der Waals surface area contributed by atoms with Crippen molar-refractivity contribution in [2.45, 2.75) is 9.79 Å². The van der Waals surface area contributed by atoms with E-state index in [2.05, 4.69) is 0 Å². The Balaban J connectivity index is 1.61. The first kappa shape index (κ1) is 22.2. The van der Waals surface area contributed by atoms with Gasteiger partial charge in [0, 0.05) is 0 Å². The van der Waals surface area contributed by atoms with Crippen LogP contribution in [0.15, 0.2) is 94.7 Å². The van der Waals surface area contributed by atoms with Crippen LogP contribution in [0.5, 0.6) is 23.0 Å². The number of ether oxygens (including phenoxy) is 2. The van der Waals surface area contributed by atoms with Crippen molar-refractivity contribution in [3.63, 3.8) is 0 Å². The van der Waals surface area contributed by atoms with Crippen molar-refractivity contribution in [3.05, 3.63) is 84.9 Å². The fraction of sp³-hybridized carbons (Fsp3) is 0.0769. The Morgan fingerprint density at radius 3 is 1.21 bits per heavy atom. The molecule has 7 heteroatoms. The summed E-state index contributed by atoms with van der Waals surface area (Å²) in [4.78, 5) is 0.354. The Hall–Kier alpha value is -3.97. The van der Waals surface area contributed by atoms with Gasteiger partial charge < -0.3 is 19.7 Å². The van der Waals surface area contributed by atoms with E-state index in [0.29, 0.717) is 11.5 Å². The summed E-state index contributed by atoms with van der Waals surface area (Å²) >= 11 is 0. The van der Waals surface area contributed by atoms with Gasteiger partial charge in [-0.3, -0.25) is 0 Å². The number of sulfone groups is 1. The van der Waals surface area contributed by atoms with E-state index in [1.807, 2.05) is 0 Å². The van der Waals surface area contributed by atoms with Crippen molar-refractivity contribution < 1.29 is 28.1 Å². The first-order valence-corrected chi connectivity index (χ1v) is 11.5. The summed E-state index contributed by atoms with van der Waals surface area (Å²) in [6.07, 6.45) is 0. The molecule has 6 nitrogen and oxygen atoms in total. The number of rotatable bonds is 6. The van der Waals surface area contributed by atoms with Crippen molar-refractivity contribution in [1.29, 1.82) is 0 Å². The molecule has 4 aromatic carbocycles. The van der Waals surface area contributed by atoms with Gasteiger partial charge in [0.25, 0.3) is 0 Å². The first-order valence-electron chi connectivity index (χ1n) is 10.0. The van der Waals surface area contributed by atoms with E-state index in [-0.39, 0.29) is 21.3 Å². The summed E-state index contributed by atoms with van der Waals surface area (Å²) in [6.45, 7) is 0. The maximum Gasteiger partial charge on any atom is 0.206 e. The van der Waals surface area contributed by atoms with E-state index < -0.39 is 9.84 Å². The summed E-state index contributed by atoms with van der Waals surface area (Å²) < 4.78 is 36.5. The molecule has 168 valence electrons. The minimum atomic E-state index is -3.71. The molecule has 0 heterocycles. The molecular formula is C26H22O6S. The molecule has 0 bridgehead atoms. The van der Waals surface area contributed by atoms with Gasteiger partial charge in [0.05, 0.1) is 24.0 Å². The average molecular weight is 463 g/mol. The van der Waals surface area contributed by atoms with Crippen molar-refractivity contribution in [1.82, 2.24) is 0 Å². The van der Waals surface area contributed by atoms with E-state index >= 15 is 0 Å². The summed E-state index contributed by atoms with van der Waals surface area (Å²) in [6, 6.07) is 23.0. The first-order chi connectivity index (χ1) is 15.8. The molecule has 0 spiro atoms. The van der Waals surface area contributed by atoms with E-state index in [1.165, 1.54) is 26.4 Å². The van der Waals surface area contributed by atoms with Gasteiger partial charge in [-0.1, -0.05) is 36.4 Å². The third-order valence-corrected chi connectivity index (χ3v) is 7.14. The predicted molar refractivity (Wildman–Crippen MR) is 126 cm³/mol. The molecule has 0 radical (unpaired) electrons. The van der Waals surface area contributed by atoms with Crippen LogP contribution in [0.3, 0.4) is 0 Å². The molecule has 0 atom stereocenters. The van der Waals surface area contributed by atoms with Gasteiger partial charge in [-0.05, 0) is 70.8 Å². The normalized spacial score (nSPS) is 11.2. The second kappa shape index (κ2) is 8.88. The number of phenols is 2. The zero-order valence-corrected chi connectivity index (χ0v) is 18.8. The largest absolute Gasteiger partial charge is 0.504 e. The van der Waals surface area contributed by atoms with Crippen LogP contribution in [0, 0.1) is 0 Å². The van der Waals surface area contributed by atoms with Gasteiger partial charge in [-0.25, -0.2) is 8.42 Å². The second-order valence-electron chi connectivity index (χ2n) is 7.33. The molecule has 0 amide bonds. The molecule has 33 heavy (non-hydrogen) atoms. The lowest BCUT2D eigenvalue weighted by molar-refractivity contribution is 0.373. The van der Waals surface area contributed by atoms with Crippen LogP contribution in [-0.2, 0) is 9.84 Å². The lowest BCUT2D eigenvalue weighted by Gasteiger charge is -2.10. The minimum Gasteiger partial charge on any atom is -0.504 e. The third kappa shape index (κ3) is 4.36. The number of benzene rings is 4. The molecule has 0 aliphatic carbocycles. The zero-order valence-electron chi connectivity index (χ0n) is 18.0. The highest BCUT2D eigenvalue weighted by molar-refractivity contribution is 7.91. The van der Waals surface area contributed by atoms with E-state index in [4.69, 9.17) is 9.47 Å². The van der Waals surface area contributed by atoms with Crippen LogP contribution in [0.2, 0.25) is 0 Å². The molecule has 2 N–H and O–H groups in total.